The maximum absolute atomic E-state index is 5.06. The molecular weight excluding hydrogens is 162 g/mol. The van der Waals surface area contributed by atoms with E-state index in [0.29, 0.717) is 6.04 Å². The second-order valence-electron chi connectivity index (χ2n) is 2.51. The summed E-state index contributed by atoms with van der Waals surface area (Å²) in [7, 11) is 0. The third-order valence-electron chi connectivity index (χ3n) is 1.85. The Hall–Kier alpha value is 0.240. The molecule has 1 nitrogen and oxygen atoms in total. The van der Waals surface area contributed by atoms with Crippen molar-refractivity contribution in [3.8, 4) is 0 Å². The fraction of sp³-hybridized carbons (Fsp3) is 0.857. The van der Waals surface area contributed by atoms with Gasteiger partial charge in [0.25, 0.3) is 0 Å². The SMILES string of the molecule is CC[C@@H]1NC(=S)S[C@@H]1CC. The van der Waals surface area contributed by atoms with Gasteiger partial charge < -0.3 is 5.32 Å². The molecule has 3 heteroatoms. The van der Waals surface area contributed by atoms with Gasteiger partial charge in [-0.1, -0.05) is 37.8 Å². The van der Waals surface area contributed by atoms with Crippen molar-refractivity contribution in [1.29, 1.82) is 0 Å². The molecule has 0 amide bonds. The molecule has 2 atom stereocenters. The number of nitrogens with one attached hydrogen (secondary N) is 1. The highest BCUT2D eigenvalue weighted by atomic mass is 32.2. The van der Waals surface area contributed by atoms with Crippen LogP contribution in [0.5, 0.6) is 0 Å². The summed E-state index contributed by atoms with van der Waals surface area (Å²) in [4.78, 5) is 0. The van der Waals surface area contributed by atoms with Crippen LogP contribution in [0, 0.1) is 0 Å². The summed E-state index contributed by atoms with van der Waals surface area (Å²) in [6, 6.07) is 0.627. The van der Waals surface area contributed by atoms with E-state index in [1.54, 1.807) is 0 Å². The molecule has 0 bridgehead atoms. The molecule has 58 valence electrons. The van der Waals surface area contributed by atoms with Crippen molar-refractivity contribution >= 4 is 28.3 Å². The molecular formula is C7H13NS2. The summed E-state index contributed by atoms with van der Waals surface area (Å²) < 4.78 is 0.985. The van der Waals surface area contributed by atoms with Gasteiger partial charge in [-0.2, -0.15) is 0 Å². The highest BCUT2D eigenvalue weighted by molar-refractivity contribution is 8.23. The molecule has 1 fully saturated rings. The van der Waals surface area contributed by atoms with E-state index >= 15 is 0 Å². The predicted molar refractivity (Wildman–Crippen MR) is 51.5 cm³/mol. The Kier molecular flexibility index (Phi) is 2.98. The lowest BCUT2D eigenvalue weighted by Crippen LogP contribution is -2.29. The molecule has 0 aliphatic carbocycles. The van der Waals surface area contributed by atoms with Gasteiger partial charge in [0.2, 0.25) is 0 Å². The maximum atomic E-state index is 5.06. The monoisotopic (exact) mass is 175 g/mol. The first-order chi connectivity index (χ1) is 4.77. The fourth-order valence-electron chi connectivity index (χ4n) is 1.23. The van der Waals surface area contributed by atoms with E-state index in [-0.39, 0.29) is 0 Å². The van der Waals surface area contributed by atoms with E-state index < -0.39 is 0 Å². The third-order valence-corrected chi connectivity index (χ3v) is 3.56. The molecule has 1 heterocycles. The minimum Gasteiger partial charge on any atom is -0.367 e. The molecule has 10 heavy (non-hydrogen) atoms. The van der Waals surface area contributed by atoms with Gasteiger partial charge in [0.05, 0.1) is 0 Å². The zero-order valence-corrected chi connectivity index (χ0v) is 8.02. The van der Waals surface area contributed by atoms with E-state index in [0.717, 1.165) is 9.57 Å². The Labute approximate surface area is 72.0 Å². The molecule has 1 aliphatic rings. The van der Waals surface area contributed by atoms with Gasteiger partial charge in [0.15, 0.2) is 0 Å². The summed E-state index contributed by atoms with van der Waals surface area (Å²) >= 11 is 6.88. The molecule has 1 saturated heterocycles. The van der Waals surface area contributed by atoms with Crippen LogP contribution in [0.15, 0.2) is 0 Å². The first-order valence-electron chi connectivity index (χ1n) is 3.75. The topological polar surface area (TPSA) is 12.0 Å². The van der Waals surface area contributed by atoms with Crippen LogP contribution in [0.2, 0.25) is 0 Å². The van der Waals surface area contributed by atoms with Crippen LogP contribution < -0.4 is 5.32 Å². The molecule has 0 aromatic heterocycles. The van der Waals surface area contributed by atoms with Crippen molar-refractivity contribution in [2.24, 2.45) is 0 Å². The second-order valence-corrected chi connectivity index (χ2v) is 4.43. The Balaban J connectivity index is 2.48. The van der Waals surface area contributed by atoms with Crippen molar-refractivity contribution in [3.05, 3.63) is 0 Å². The highest BCUT2D eigenvalue weighted by Crippen LogP contribution is 2.27. The van der Waals surface area contributed by atoms with Crippen LogP contribution in [-0.4, -0.2) is 15.6 Å². The number of thioether (sulfide) groups is 1. The van der Waals surface area contributed by atoms with Crippen molar-refractivity contribution < 1.29 is 0 Å². The van der Waals surface area contributed by atoms with E-state index in [1.807, 2.05) is 11.8 Å². The molecule has 1 aliphatic heterocycles. The van der Waals surface area contributed by atoms with Crippen LogP contribution in [0.3, 0.4) is 0 Å². The molecule has 0 spiro atoms. The third kappa shape index (κ3) is 1.64. The molecule has 0 saturated carbocycles. The molecule has 0 unspecified atom stereocenters. The van der Waals surface area contributed by atoms with Crippen molar-refractivity contribution in [2.45, 2.75) is 38.0 Å². The van der Waals surface area contributed by atoms with Crippen LogP contribution in [0.25, 0.3) is 0 Å². The number of hydrogen-bond acceptors (Lipinski definition) is 2. The van der Waals surface area contributed by atoms with Crippen LogP contribution in [0.1, 0.15) is 26.7 Å². The minimum atomic E-state index is 0.627. The molecule has 0 aromatic rings. The van der Waals surface area contributed by atoms with Crippen LogP contribution in [0.4, 0.5) is 0 Å². The van der Waals surface area contributed by atoms with Crippen LogP contribution in [-0.2, 0) is 0 Å². The lowest BCUT2D eigenvalue weighted by molar-refractivity contribution is 0.569. The average Bonchev–Trinajstić information content (AvgIpc) is 2.30. The standard InChI is InChI=1S/C7H13NS2/c1-3-5-6(4-2)10-7(9)8-5/h5-6H,3-4H2,1-2H3,(H,8,9)/t5-,6+/m0/s1. The Morgan fingerprint density at radius 1 is 1.50 bits per heavy atom. The van der Waals surface area contributed by atoms with Crippen molar-refractivity contribution in [1.82, 2.24) is 5.32 Å². The van der Waals surface area contributed by atoms with E-state index in [9.17, 15) is 0 Å². The zero-order chi connectivity index (χ0) is 7.56. The summed E-state index contributed by atoms with van der Waals surface area (Å²) in [6.07, 6.45) is 2.40. The van der Waals surface area contributed by atoms with Gasteiger partial charge in [-0.3, -0.25) is 0 Å². The molecule has 0 aromatic carbocycles. The second kappa shape index (κ2) is 3.58. The Morgan fingerprint density at radius 3 is 2.60 bits per heavy atom. The number of thiocarbonyl (C=S) groups is 1. The van der Waals surface area contributed by atoms with Crippen molar-refractivity contribution in [3.63, 3.8) is 0 Å². The summed E-state index contributed by atoms with van der Waals surface area (Å²) in [5.74, 6) is 0. The smallest absolute Gasteiger partial charge is 0.134 e. The Bertz CT molecular complexity index is 122. The number of hydrogen-bond donors (Lipinski definition) is 1. The minimum absolute atomic E-state index is 0.627. The zero-order valence-electron chi connectivity index (χ0n) is 6.39. The lowest BCUT2D eigenvalue weighted by atomic mass is 10.1. The largest absolute Gasteiger partial charge is 0.367 e. The van der Waals surface area contributed by atoms with Gasteiger partial charge >= 0.3 is 0 Å². The number of rotatable bonds is 2. The quantitative estimate of drug-likeness (QED) is 0.646. The lowest BCUT2D eigenvalue weighted by Gasteiger charge is -2.12. The van der Waals surface area contributed by atoms with Gasteiger partial charge in [-0.05, 0) is 12.8 Å². The van der Waals surface area contributed by atoms with Crippen LogP contribution >= 0.6 is 24.0 Å². The predicted octanol–water partition coefficient (Wildman–Crippen LogP) is 2.16. The Morgan fingerprint density at radius 2 is 2.20 bits per heavy atom. The summed E-state index contributed by atoms with van der Waals surface area (Å²) in [5.41, 5.74) is 0. The van der Waals surface area contributed by atoms with Gasteiger partial charge in [-0.15, -0.1) is 0 Å². The van der Waals surface area contributed by atoms with E-state index in [2.05, 4.69) is 19.2 Å². The summed E-state index contributed by atoms with van der Waals surface area (Å²) in [5, 5.41) is 4.02. The molecule has 0 radical (unpaired) electrons. The first-order valence-corrected chi connectivity index (χ1v) is 5.03. The van der Waals surface area contributed by atoms with Gasteiger partial charge in [0.1, 0.15) is 4.32 Å². The van der Waals surface area contributed by atoms with Gasteiger partial charge in [0, 0.05) is 11.3 Å². The van der Waals surface area contributed by atoms with Crippen molar-refractivity contribution in [2.75, 3.05) is 0 Å². The maximum Gasteiger partial charge on any atom is 0.134 e. The average molecular weight is 175 g/mol. The first kappa shape index (κ1) is 8.34. The fourth-order valence-corrected chi connectivity index (χ4v) is 2.84. The highest BCUT2D eigenvalue weighted by Gasteiger charge is 2.27. The van der Waals surface area contributed by atoms with E-state index in [1.165, 1.54) is 12.8 Å². The summed E-state index contributed by atoms with van der Waals surface area (Å²) in [6.45, 7) is 4.42. The molecule has 1 rings (SSSR count). The van der Waals surface area contributed by atoms with E-state index in [4.69, 9.17) is 12.2 Å². The molecule has 1 N–H and O–H groups in total. The normalized spacial score (nSPS) is 32.4. The van der Waals surface area contributed by atoms with Gasteiger partial charge in [-0.25, -0.2) is 0 Å².